The number of hydrogen-bond acceptors (Lipinski definition) is 1. The van der Waals surface area contributed by atoms with Crippen LogP contribution in [-0.2, 0) is 4.74 Å². The van der Waals surface area contributed by atoms with Crippen LogP contribution in [0.3, 0.4) is 0 Å². The molecule has 0 unspecified atom stereocenters. The first-order valence-corrected chi connectivity index (χ1v) is 8.39. The van der Waals surface area contributed by atoms with Gasteiger partial charge in [0.2, 0.25) is 0 Å². The molecule has 2 aliphatic carbocycles. The van der Waals surface area contributed by atoms with Crippen molar-refractivity contribution in [3.05, 3.63) is 0 Å². The van der Waals surface area contributed by atoms with Crippen LogP contribution in [0.4, 0.5) is 0 Å². The monoisotopic (exact) mass is 252 g/mol. The minimum atomic E-state index is 0.595. The molecule has 18 heavy (non-hydrogen) atoms. The second-order valence-corrected chi connectivity index (χ2v) is 6.89. The molecule has 0 heterocycles. The average Bonchev–Trinajstić information content (AvgIpc) is 2.40. The van der Waals surface area contributed by atoms with Crippen LogP contribution in [0.5, 0.6) is 0 Å². The third kappa shape index (κ3) is 4.57. The Bertz CT molecular complexity index is 210. The van der Waals surface area contributed by atoms with Crippen molar-refractivity contribution in [3.8, 4) is 0 Å². The fourth-order valence-corrected chi connectivity index (χ4v) is 3.76. The van der Waals surface area contributed by atoms with Gasteiger partial charge in [-0.15, -0.1) is 0 Å². The second kappa shape index (κ2) is 7.53. The Morgan fingerprint density at radius 3 is 2.06 bits per heavy atom. The summed E-state index contributed by atoms with van der Waals surface area (Å²) in [6.07, 6.45) is 14.6. The van der Waals surface area contributed by atoms with Crippen LogP contribution in [0.25, 0.3) is 0 Å². The lowest BCUT2D eigenvalue weighted by molar-refractivity contribution is -0.00958. The normalized spacial score (nSPS) is 37.7. The maximum atomic E-state index is 6.18. The number of rotatable bonds is 5. The zero-order chi connectivity index (χ0) is 12.8. The molecule has 0 saturated heterocycles. The summed E-state index contributed by atoms with van der Waals surface area (Å²) in [6, 6.07) is 0. The van der Waals surface area contributed by atoms with E-state index in [1.165, 1.54) is 64.2 Å². The Balaban J connectivity index is 1.57. The Morgan fingerprint density at radius 1 is 0.833 bits per heavy atom. The van der Waals surface area contributed by atoms with Gasteiger partial charge >= 0.3 is 0 Å². The molecule has 0 aliphatic heterocycles. The van der Waals surface area contributed by atoms with Crippen molar-refractivity contribution in [2.45, 2.75) is 84.2 Å². The van der Waals surface area contributed by atoms with E-state index >= 15 is 0 Å². The molecule has 1 nitrogen and oxygen atoms in total. The van der Waals surface area contributed by atoms with E-state index in [0.717, 1.165) is 24.4 Å². The van der Waals surface area contributed by atoms with Crippen molar-refractivity contribution in [2.75, 3.05) is 6.61 Å². The van der Waals surface area contributed by atoms with Crippen molar-refractivity contribution in [1.82, 2.24) is 0 Å². The van der Waals surface area contributed by atoms with Crippen molar-refractivity contribution in [3.63, 3.8) is 0 Å². The SMILES string of the molecule is CCC[C@H]1CC[C@H](OC[C@H]2CC[C@H](C)CC2)CC1. The van der Waals surface area contributed by atoms with Crippen molar-refractivity contribution < 1.29 is 4.74 Å². The molecular weight excluding hydrogens is 220 g/mol. The number of ether oxygens (including phenoxy) is 1. The van der Waals surface area contributed by atoms with Crippen LogP contribution < -0.4 is 0 Å². The fraction of sp³-hybridized carbons (Fsp3) is 1.00. The van der Waals surface area contributed by atoms with Gasteiger partial charge in [-0.25, -0.2) is 0 Å². The molecule has 0 aromatic carbocycles. The molecule has 0 atom stereocenters. The quantitative estimate of drug-likeness (QED) is 0.654. The summed E-state index contributed by atoms with van der Waals surface area (Å²) >= 11 is 0. The van der Waals surface area contributed by atoms with Crippen LogP contribution in [0.2, 0.25) is 0 Å². The molecule has 0 aromatic rings. The average molecular weight is 252 g/mol. The highest BCUT2D eigenvalue weighted by atomic mass is 16.5. The summed E-state index contributed by atoms with van der Waals surface area (Å²) in [5.41, 5.74) is 0. The smallest absolute Gasteiger partial charge is 0.0575 e. The van der Waals surface area contributed by atoms with E-state index in [1.54, 1.807) is 0 Å². The molecule has 0 radical (unpaired) electrons. The predicted molar refractivity (Wildman–Crippen MR) is 77.7 cm³/mol. The first-order valence-electron chi connectivity index (χ1n) is 8.39. The molecule has 2 aliphatic rings. The minimum Gasteiger partial charge on any atom is -0.378 e. The molecule has 2 rings (SSSR count). The lowest BCUT2D eigenvalue weighted by Gasteiger charge is -2.31. The maximum absolute atomic E-state index is 6.18. The molecule has 0 spiro atoms. The maximum Gasteiger partial charge on any atom is 0.0575 e. The van der Waals surface area contributed by atoms with E-state index in [4.69, 9.17) is 4.74 Å². The van der Waals surface area contributed by atoms with Crippen LogP contribution in [0.1, 0.15) is 78.1 Å². The first kappa shape index (κ1) is 14.4. The first-order chi connectivity index (χ1) is 8.78. The van der Waals surface area contributed by atoms with Crippen LogP contribution >= 0.6 is 0 Å². The summed E-state index contributed by atoms with van der Waals surface area (Å²) in [5.74, 6) is 2.84. The van der Waals surface area contributed by atoms with Gasteiger partial charge in [-0.05, 0) is 56.3 Å². The van der Waals surface area contributed by atoms with Gasteiger partial charge in [-0.1, -0.05) is 39.5 Å². The Labute approximate surface area is 114 Å². The van der Waals surface area contributed by atoms with Crippen molar-refractivity contribution in [1.29, 1.82) is 0 Å². The lowest BCUT2D eigenvalue weighted by Crippen LogP contribution is -2.25. The molecule has 1 heteroatoms. The topological polar surface area (TPSA) is 9.23 Å². The molecular formula is C17H32O. The minimum absolute atomic E-state index is 0.595. The highest BCUT2D eigenvalue weighted by molar-refractivity contribution is 4.74. The third-order valence-electron chi connectivity index (χ3n) is 5.19. The van der Waals surface area contributed by atoms with Crippen LogP contribution in [-0.4, -0.2) is 12.7 Å². The largest absolute Gasteiger partial charge is 0.378 e. The highest BCUT2D eigenvalue weighted by Gasteiger charge is 2.23. The predicted octanol–water partition coefficient (Wildman–Crippen LogP) is 5.19. The van der Waals surface area contributed by atoms with Crippen molar-refractivity contribution in [2.24, 2.45) is 17.8 Å². The second-order valence-electron chi connectivity index (χ2n) is 6.89. The van der Waals surface area contributed by atoms with Gasteiger partial charge in [0.05, 0.1) is 6.10 Å². The van der Waals surface area contributed by atoms with E-state index in [-0.39, 0.29) is 0 Å². The van der Waals surface area contributed by atoms with Crippen LogP contribution in [0.15, 0.2) is 0 Å². The van der Waals surface area contributed by atoms with E-state index < -0.39 is 0 Å². The van der Waals surface area contributed by atoms with E-state index in [1.807, 2.05) is 0 Å². The van der Waals surface area contributed by atoms with E-state index in [2.05, 4.69) is 13.8 Å². The molecule has 0 amide bonds. The van der Waals surface area contributed by atoms with Gasteiger partial charge in [-0.2, -0.15) is 0 Å². The highest BCUT2D eigenvalue weighted by Crippen LogP contribution is 2.32. The standard InChI is InChI=1S/C17H32O/c1-3-4-15-9-11-17(12-10-15)18-13-16-7-5-14(2)6-8-16/h14-17H,3-13H2,1-2H3/t14-,15-,16-,17-. The molecule has 2 fully saturated rings. The lowest BCUT2D eigenvalue weighted by atomic mass is 9.83. The Kier molecular flexibility index (Phi) is 6.01. The Hall–Kier alpha value is -0.0400. The zero-order valence-corrected chi connectivity index (χ0v) is 12.5. The van der Waals surface area contributed by atoms with Gasteiger partial charge in [0.25, 0.3) is 0 Å². The van der Waals surface area contributed by atoms with E-state index in [0.29, 0.717) is 6.10 Å². The van der Waals surface area contributed by atoms with Gasteiger partial charge in [0.15, 0.2) is 0 Å². The molecule has 0 aromatic heterocycles. The van der Waals surface area contributed by atoms with Crippen molar-refractivity contribution >= 4 is 0 Å². The van der Waals surface area contributed by atoms with Gasteiger partial charge in [0, 0.05) is 6.61 Å². The summed E-state index contributed by atoms with van der Waals surface area (Å²) < 4.78 is 6.18. The fourth-order valence-electron chi connectivity index (χ4n) is 3.76. The van der Waals surface area contributed by atoms with E-state index in [9.17, 15) is 0 Å². The molecule has 0 bridgehead atoms. The van der Waals surface area contributed by atoms with Gasteiger partial charge in [-0.3, -0.25) is 0 Å². The summed E-state index contributed by atoms with van der Waals surface area (Å²) in [7, 11) is 0. The summed E-state index contributed by atoms with van der Waals surface area (Å²) in [6.45, 7) is 5.76. The summed E-state index contributed by atoms with van der Waals surface area (Å²) in [5, 5.41) is 0. The molecule has 2 saturated carbocycles. The summed E-state index contributed by atoms with van der Waals surface area (Å²) in [4.78, 5) is 0. The van der Waals surface area contributed by atoms with Crippen LogP contribution in [0, 0.1) is 17.8 Å². The molecule has 0 N–H and O–H groups in total. The zero-order valence-electron chi connectivity index (χ0n) is 12.5. The number of hydrogen-bond donors (Lipinski definition) is 0. The van der Waals surface area contributed by atoms with Gasteiger partial charge in [0.1, 0.15) is 0 Å². The molecule has 106 valence electrons. The van der Waals surface area contributed by atoms with Gasteiger partial charge < -0.3 is 4.74 Å². The Morgan fingerprint density at radius 2 is 1.44 bits per heavy atom. The third-order valence-corrected chi connectivity index (χ3v) is 5.19.